The molecule has 24 heavy (non-hydrogen) atoms. The molecule has 0 radical (unpaired) electrons. The van der Waals surface area contributed by atoms with Crippen LogP contribution < -0.4 is 26.2 Å². The Hall–Kier alpha value is -1.60. The molecule has 1 aromatic carbocycles. The van der Waals surface area contributed by atoms with Gasteiger partial charge in [-0.1, -0.05) is 32.8 Å². The highest BCUT2D eigenvalue weighted by Gasteiger charge is 2.27. The van der Waals surface area contributed by atoms with Crippen LogP contribution in [0.2, 0.25) is 0 Å². The van der Waals surface area contributed by atoms with E-state index in [-0.39, 0.29) is 0 Å². The van der Waals surface area contributed by atoms with Gasteiger partial charge in [0.2, 0.25) is 0 Å². The lowest BCUT2D eigenvalue weighted by Crippen LogP contribution is -2.53. The van der Waals surface area contributed by atoms with Gasteiger partial charge in [0, 0.05) is 17.8 Å². The summed E-state index contributed by atoms with van der Waals surface area (Å²) in [6.45, 7) is 4.59. The van der Waals surface area contributed by atoms with E-state index in [1.54, 1.807) is 7.11 Å². The smallest absolute Gasteiger partial charge is 0.189 e. The van der Waals surface area contributed by atoms with E-state index in [1.807, 2.05) is 24.3 Å². The van der Waals surface area contributed by atoms with Gasteiger partial charge in [-0.2, -0.15) is 0 Å². The zero-order chi connectivity index (χ0) is 17.5. The predicted octanol–water partition coefficient (Wildman–Crippen LogP) is 3.19. The highest BCUT2D eigenvalue weighted by molar-refractivity contribution is 7.80. The Kier molecular flexibility index (Phi) is 7.05. The van der Waals surface area contributed by atoms with Gasteiger partial charge in [-0.25, -0.2) is 0 Å². The van der Waals surface area contributed by atoms with Crippen LogP contribution in [-0.4, -0.2) is 23.4 Å². The third-order valence-corrected chi connectivity index (χ3v) is 5.06. The fourth-order valence-electron chi connectivity index (χ4n) is 2.97. The molecule has 0 heterocycles. The third-order valence-electron chi connectivity index (χ3n) is 4.64. The van der Waals surface area contributed by atoms with Crippen molar-refractivity contribution in [3.05, 3.63) is 24.3 Å². The first-order valence-corrected chi connectivity index (χ1v) is 9.09. The summed E-state index contributed by atoms with van der Waals surface area (Å²) in [7, 11) is 1.63. The maximum Gasteiger partial charge on any atom is 0.189 e. The summed E-state index contributed by atoms with van der Waals surface area (Å²) in [5.41, 5.74) is 6.71. The molecule has 0 unspecified atom stereocenters. The number of anilines is 1. The van der Waals surface area contributed by atoms with E-state index in [0.29, 0.717) is 22.2 Å². The second kappa shape index (κ2) is 9.03. The minimum atomic E-state index is 0.412. The maximum atomic E-state index is 5.36. The summed E-state index contributed by atoms with van der Waals surface area (Å²) >= 11 is 10.6. The van der Waals surface area contributed by atoms with Gasteiger partial charge in [-0.15, -0.1) is 0 Å². The second-order valence-electron chi connectivity index (χ2n) is 6.28. The average molecular weight is 367 g/mol. The van der Waals surface area contributed by atoms with Gasteiger partial charge < -0.3 is 15.4 Å². The van der Waals surface area contributed by atoms with Crippen LogP contribution in [0.15, 0.2) is 24.3 Å². The zero-order valence-electron chi connectivity index (χ0n) is 14.4. The molecule has 132 valence electrons. The number of methoxy groups -OCH3 is 1. The number of nitrogens with one attached hydrogen (secondary N) is 4. The molecule has 0 aromatic heterocycles. The molecule has 1 aliphatic carbocycles. The number of hydrogen-bond acceptors (Lipinski definition) is 3. The molecule has 5 nitrogen and oxygen atoms in total. The van der Waals surface area contributed by atoms with Crippen molar-refractivity contribution in [1.29, 1.82) is 0 Å². The van der Waals surface area contributed by atoms with Crippen LogP contribution >= 0.6 is 24.4 Å². The SMILES string of the molecule is COc1cccc(NC(=S)NNC(=S)N[C@H]2CCC[C@H](C)[C@H]2C)c1. The Balaban J connectivity index is 1.75. The first-order chi connectivity index (χ1) is 11.5. The molecule has 1 saturated carbocycles. The molecule has 0 amide bonds. The van der Waals surface area contributed by atoms with Crippen LogP contribution in [0.4, 0.5) is 5.69 Å². The molecular formula is C17H26N4OS2. The number of rotatable bonds is 3. The summed E-state index contributed by atoms with van der Waals surface area (Å²) in [4.78, 5) is 0. The normalized spacial score (nSPS) is 23.0. The molecule has 2 rings (SSSR count). The van der Waals surface area contributed by atoms with Crippen molar-refractivity contribution >= 4 is 40.3 Å². The highest BCUT2D eigenvalue weighted by atomic mass is 32.1. The van der Waals surface area contributed by atoms with Crippen LogP contribution in [0.5, 0.6) is 5.75 Å². The quantitative estimate of drug-likeness (QED) is 0.484. The third kappa shape index (κ3) is 5.49. The lowest BCUT2D eigenvalue weighted by Gasteiger charge is -2.35. The summed E-state index contributed by atoms with van der Waals surface area (Å²) in [6.07, 6.45) is 3.70. The van der Waals surface area contributed by atoms with Crippen molar-refractivity contribution in [2.45, 2.75) is 39.2 Å². The minimum absolute atomic E-state index is 0.412. The van der Waals surface area contributed by atoms with Gasteiger partial charge in [0.25, 0.3) is 0 Å². The van der Waals surface area contributed by atoms with E-state index in [0.717, 1.165) is 23.8 Å². The number of hydrazine groups is 1. The van der Waals surface area contributed by atoms with Crippen LogP contribution in [0.1, 0.15) is 33.1 Å². The first kappa shape index (κ1) is 18.7. The molecule has 1 aliphatic rings. The summed E-state index contributed by atoms with van der Waals surface area (Å²) in [6, 6.07) is 7.98. The molecule has 0 spiro atoms. The topological polar surface area (TPSA) is 57.4 Å². The van der Waals surface area contributed by atoms with E-state index < -0.39 is 0 Å². The second-order valence-corrected chi connectivity index (χ2v) is 7.10. The molecule has 7 heteroatoms. The highest BCUT2D eigenvalue weighted by Crippen LogP contribution is 2.29. The Morgan fingerprint density at radius 2 is 1.88 bits per heavy atom. The van der Waals surface area contributed by atoms with Crippen LogP contribution in [-0.2, 0) is 0 Å². The Labute approximate surface area is 154 Å². The average Bonchev–Trinajstić information content (AvgIpc) is 2.57. The Bertz CT molecular complexity index is 581. The number of ether oxygens (including phenoxy) is 1. The van der Waals surface area contributed by atoms with E-state index in [2.05, 4.69) is 35.3 Å². The maximum absolute atomic E-state index is 5.36. The van der Waals surface area contributed by atoms with E-state index in [1.165, 1.54) is 12.8 Å². The van der Waals surface area contributed by atoms with Crippen molar-refractivity contribution in [1.82, 2.24) is 16.2 Å². The fourth-order valence-corrected chi connectivity index (χ4v) is 3.34. The van der Waals surface area contributed by atoms with Gasteiger partial charge in [-0.05, 0) is 54.8 Å². The molecule has 0 aliphatic heterocycles. The van der Waals surface area contributed by atoms with Crippen molar-refractivity contribution < 1.29 is 4.74 Å². The Morgan fingerprint density at radius 1 is 1.12 bits per heavy atom. The molecule has 0 bridgehead atoms. The monoisotopic (exact) mass is 366 g/mol. The van der Waals surface area contributed by atoms with Crippen LogP contribution in [0.3, 0.4) is 0 Å². The van der Waals surface area contributed by atoms with Crippen molar-refractivity contribution in [3.8, 4) is 5.75 Å². The summed E-state index contributed by atoms with van der Waals surface area (Å²) in [5, 5.41) is 7.48. The zero-order valence-corrected chi connectivity index (χ0v) is 16.0. The molecule has 3 atom stereocenters. The summed E-state index contributed by atoms with van der Waals surface area (Å²) < 4.78 is 5.19. The predicted molar refractivity (Wildman–Crippen MR) is 107 cm³/mol. The van der Waals surface area contributed by atoms with Crippen molar-refractivity contribution in [3.63, 3.8) is 0 Å². The van der Waals surface area contributed by atoms with Gasteiger partial charge in [-0.3, -0.25) is 10.9 Å². The van der Waals surface area contributed by atoms with E-state index in [4.69, 9.17) is 29.2 Å². The fraction of sp³-hybridized carbons (Fsp3) is 0.529. The van der Waals surface area contributed by atoms with Crippen LogP contribution in [0, 0.1) is 11.8 Å². The van der Waals surface area contributed by atoms with E-state index in [9.17, 15) is 0 Å². The lowest BCUT2D eigenvalue weighted by atomic mass is 9.78. The molecule has 4 N–H and O–H groups in total. The molecular weight excluding hydrogens is 340 g/mol. The van der Waals surface area contributed by atoms with E-state index >= 15 is 0 Å². The van der Waals surface area contributed by atoms with Gasteiger partial charge in [0.05, 0.1) is 7.11 Å². The Morgan fingerprint density at radius 3 is 2.62 bits per heavy atom. The minimum Gasteiger partial charge on any atom is -0.497 e. The van der Waals surface area contributed by atoms with Crippen LogP contribution in [0.25, 0.3) is 0 Å². The lowest BCUT2D eigenvalue weighted by molar-refractivity contribution is 0.224. The van der Waals surface area contributed by atoms with Gasteiger partial charge in [0.15, 0.2) is 10.2 Å². The molecule has 1 aromatic rings. The largest absolute Gasteiger partial charge is 0.497 e. The molecule has 1 fully saturated rings. The first-order valence-electron chi connectivity index (χ1n) is 8.27. The van der Waals surface area contributed by atoms with Gasteiger partial charge in [0.1, 0.15) is 5.75 Å². The number of benzene rings is 1. The van der Waals surface area contributed by atoms with Crippen molar-refractivity contribution in [2.24, 2.45) is 11.8 Å². The number of hydrogen-bond donors (Lipinski definition) is 4. The summed E-state index contributed by atoms with van der Waals surface area (Å²) in [5.74, 6) is 2.11. The van der Waals surface area contributed by atoms with Crippen molar-refractivity contribution in [2.75, 3.05) is 12.4 Å². The standard InChI is InChI=1S/C17H26N4OS2/c1-11-6-4-9-15(12(11)2)19-17(24)21-20-16(23)18-13-7-5-8-14(10-13)22-3/h5,7-8,10-12,15H,4,6,9H2,1-3H3,(H2,18,20,23)(H2,19,21,24)/t11-,12+,15-/m0/s1. The molecule has 0 saturated heterocycles. The van der Waals surface area contributed by atoms with Gasteiger partial charge >= 0.3 is 0 Å². The number of thiocarbonyl (C=S) groups is 2.